The maximum atomic E-state index is 12.2. The number of aliphatic carboxylic acids is 1. The molecule has 0 saturated heterocycles. The van der Waals surface area contributed by atoms with E-state index in [2.05, 4.69) is 0 Å². The van der Waals surface area contributed by atoms with Crippen molar-refractivity contribution in [3.8, 4) is 0 Å². The zero-order valence-corrected chi connectivity index (χ0v) is 12.9. The van der Waals surface area contributed by atoms with Crippen LogP contribution in [0.1, 0.15) is 18.4 Å². The Labute approximate surface area is 126 Å². The van der Waals surface area contributed by atoms with Gasteiger partial charge in [-0.2, -0.15) is 0 Å². The summed E-state index contributed by atoms with van der Waals surface area (Å²) >= 11 is 0. The third-order valence-corrected chi connectivity index (χ3v) is 4.90. The van der Waals surface area contributed by atoms with Gasteiger partial charge in [-0.05, 0) is 30.5 Å². The van der Waals surface area contributed by atoms with Crippen molar-refractivity contribution in [2.45, 2.75) is 24.3 Å². The third-order valence-electron chi connectivity index (χ3n) is 3.96. The minimum absolute atomic E-state index is 0.114. The molecule has 5 nitrogen and oxygen atoms in total. The molecule has 1 amide bonds. The molecule has 3 atom stereocenters. The first-order chi connectivity index (χ1) is 9.90. The molecule has 1 aromatic rings. The predicted molar refractivity (Wildman–Crippen MR) is 79.1 cm³/mol. The smallest absolute Gasteiger partial charge is 0.307 e. The number of carbonyl (C=O) groups is 2. The lowest BCUT2D eigenvalue weighted by Crippen LogP contribution is -2.44. The van der Waals surface area contributed by atoms with E-state index < -0.39 is 28.6 Å². The van der Waals surface area contributed by atoms with Gasteiger partial charge >= 0.3 is 5.97 Å². The molecule has 1 aliphatic carbocycles. The van der Waals surface area contributed by atoms with Gasteiger partial charge in [0.2, 0.25) is 5.91 Å². The fourth-order valence-electron chi connectivity index (χ4n) is 2.51. The van der Waals surface area contributed by atoms with Gasteiger partial charge in [0.15, 0.2) is 0 Å². The molecule has 1 aromatic carbocycles. The molecule has 1 saturated carbocycles. The van der Waals surface area contributed by atoms with Crippen LogP contribution in [0.4, 0.5) is 0 Å². The maximum absolute atomic E-state index is 12.2. The second-order valence-electron chi connectivity index (χ2n) is 5.42. The van der Waals surface area contributed by atoms with Crippen molar-refractivity contribution in [3.63, 3.8) is 0 Å². The second kappa shape index (κ2) is 6.39. The van der Waals surface area contributed by atoms with E-state index in [4.69, 9.17) is 5.11 Å². The summed E-state index contributed by atoms with van der Waals surface area (Å²) in [6.45, 7) is 0.429. The first-order valence-electron chi connectivity index (χ1n) is 6.80. The lowest BCUT2D eigenvalue weighted by Gasteiger charge is -2.35. The number of nitrogens with zero attached hydrogens (tertiary/aromatic N) is 1. The summed E-state index contributed by atoms with van der Waals surface area (Å²) in [5.41, 5.74) is 0.936. The van der Waals surface area contributed by atoms with Gasteiger partial charge in [-0.15, -0.1) is 0 Å². The molecule has 2 rings (SSSR count). The van der Waals surface area contributed by atoms with Gasteiger partial charge in [-0.3, -0.25) is 13.8 Å². The molecule has 21 heavy (non-hydrogen) atoms. The van der Waals surface area contributed by atoms with E-state index in [1.165, 1.54) is 0 Å². The van der Waals surface area contributed by atoms with Crippen molar-refractivity contribution in [2.24, 2.45) is 11.8 Å². The number of rotatable bonds is 5. The summed E-state index contributed by atoms with van der Waals surface area (Å²) in [6, 6.07) is 7.26. The zero-order valence-electron chi connectivity index (χ0n) is 12.1. The molecule has 0 spiro atoms. The minimum Gasteiger partial charge on any atom is -0.481 e. The van der Waals surface area contributed by atoms with Gasteiger partial charge in [-0.1, -0.05) is 12.1 Å². The van der Waals surface area contributed by atoms with Crippen LogP contribution in [0.3, 0.4) is 0 Å². The zero-order chi connectivity index (χ0) is 15.6. The molecule has 0 radical (unpaired) electrons. The highest BCUT2D eigenvalue weighted by Crippen LogP contribution is 2.35. The fraction of sp³-hybridized carbons (Fsp3) is 0.467. The predicted octanol–water partition coefficient (Wildman–Crippen LogP) is 1.49. The van der Waals surface area contributed by atoms with E-state index in [9.17, 15) is 13.8 Å². The summed E-state index contributed by atoms with van der Waals surface area (Å²) in [6.07, 6.45) is 2.85. The second-order valence-corrected chi connectivity index (χ2v) is 6.80. The first-order valence-corrected chi connectivity index (χ1v) is 8.36. The quantitative estimate of drug-likeness (QED) is 0.894. The average molecular weight is 309 g/mol. The van der Waals surface area contributed by atoms with Gasteiger partial charge in [-0.25, -0.2) is 0 Å². The molecule has 1 aliphatic rings. The Balaban J connectivity index is 1.97. The highest BCUT2D eigenvalue weighted by atomic mass is 32.2. The molecule has 3 unspecified atom stereocenters. The highest BCUT2D eigenvalue weighted by molar-refractivity contribution is 7.84. The standard InChI is InChI=1S/C15H19NO4S/c1-16(14(17)12-7-8-13(12)15(18)19)9-10-3-5-11(6-4-10)21(2)20/h3-6,12-13H,7-9H2,1-2H3,(H,18,19). The fourth-order valence-corrected chi connectivity index (χ4v) is 3.03. The van der Waals surface area contributed by atoms with Crippen LogP contribution in [0, 0.1) is 11.8 Å². The van der Waals surface area contributed by atoms with Crippen LogP contribution in [0.25, 0.3) is 0 Å². The Hall–Kier alpha value is -1.69. The summed E-state index contributed by atoms with van der Waals surface area (Å²) in [7, 11) is 0.672. The van der Waals surface area contributed by atoms with Crippen LogP contribution in [0.15, 0.2) is 29.2 Å². The molecule has 114 valence electrons. The van der Waals surface area contributed by atoms with Crippen LogP contribution in [0.2, 0.25) is 0 Å². The van der Waals surface area contributed by atoms with Crippen molar-refractivity contribution in [1.29, 1.82) is 0 Å². The molecule has 0 heterocycles. The Morgan fingerprint density at radius 1 is 1.24 bits per heavy atom. The summed E-state index contributed by atoms with van der Waals surface area (Å²) in [5.74, 6) is -1.93. The molecular weight excluding hydrogens is 290 g/mol. The number of carbonyl (C=O) groups excluding carboxylic acids is 1. The Morgan fingerprint density at radius 3 is 2.24 bits per heavy atom. The van der Waals surface area contributed by atoms with E-state index in [1.807, 2.05) is 12.1 Å². The number of hydrogen-bond acceptors (Lipinski definition) is 3. The molecule has 0 bridgehead atoms. The highest BCUT2D eigenvalue weighted by Gasteiger charge is 2.42. The number of benzene rings is 1. The molecule has 1 N–H and O–H groups in total. The van der Waals surface area contributed by atoms with Gasteiger partial charge in [0.25, 0.3) is 0 Å². The molecule has 0 aromatic heterocycles. The van der Waals surface area contributed by atoms with Crippen LogP contribution in [-0.2, 0) is 26.9 Å². The largest absolute Gasteiger partial charge is 0.481 e. The number of hydrogen-bond donors (Lipinski definition) is 1. The maximum Gasteiger partial charge on any atom is 0.307 e. The van der Waals surface area contributed by atoms with Gasteiger partial charge < -0.3 is 10.0 Å². The molecular formula is C15H19NO4S. The Kier molecular flexibility index (Phi) is 4.77. The van der Waals surface area contributed by atoms with E-state index in [1.54, 1.807) is 30.3 Å². The van der Waals surface area contributed by atoms with E-state index in [0.29, 0.717) is 19.4 Å². The van der Waals surface area contributed by atoms with Gasteiger partial charge in [0.1, 0.15) is 0 Å². The van der Waals surface area contributed by atoms with Crippen molar-refractivity contribution >= 4 is 22.7 Å². The summed E-state index contributed by atoms with van der Waals surface area (Å²) < 4.78 is 11.3. The van der Waals surface area contributed by atoms with Crippen LogP contribution >= 0.6 is 0 Å². The van der Waals surface area contributed by atoms with E-state index >= 15 is 0 Å². The average Bonchev–Trinajstić information content (AvgIpc) is 2.37. The van der Waals surface area contributed by atoms with Crippen molar-refractivity contribution in [1.82, 2.24) is 4.90 Å². The number of carboxylic acid groups (broad SMARTS) is 1. The lowest BCUT2D eigenvalue weighted by molar-refractivity contribution is -0.156. The van der Waals surface area contributed by atoms with Crippen LogP contribution < -0.4 is 0 Å². The van der Waals surface area contributed by atoms with Gasteiger partial charge in [0, 0.05) is 35.5 Å². The van der Waals surface area contributed by atoms with Crippen LogP contribution in [0.5, 0.6) is 0 Å². The van der Waals surface area contributed by atoms with Crippen molar-refractivity contribution < 1.29 is 18.9 Å². The topological polar surface area (TPSA) is 74.7 Å². The summed E-state index contributed by atoms with van der Waals surface area (Å²) in [5, 5.41) is 9.01. The van der Waals surface area contributed by atoms with Gasteiger partial charge in [0.05, 0.1) is 11.8 Å². The first kappa shape index (κ1) is 15.7. The summed E-state index contributed by atoms with van der Waals surface area (Å²) in [4.78, 5) is 25.5. The van der Waals surface area contributed by atoms with E-state index in [0.717, 1.165) is 10.5 Å². The normalized spacial score (nSPS) is 22.2. The Bertz CT molecular complexity index is 570. The molecule has 1 fully saturated rings. The lowest BCUT2D eigenvalue weighted by atomic mass is 9.73. The number of carboxylic acids is 1. The Morgan fingerprint density at radius 2 is 1.81 bits per heavy atom. The van der Waals surface area contributed by atoms with Crippen LogP contribution in [-0.4, -0.2) is 39.4 Å². The third kappa shape index (κ3) is 3.50. The number of amides is 1. The molecule has 0 aliphatic heterocycles. The van der Waals surface area contributed by atoms with E-state index in [-0.39, 0.29) is 5.91 Å². The monoisotopic (exact) mass is 309 g/mol. The SMILES string of the molecule is CN(Cc1ccc(S(C)=O)cc1)C(=O)C1CCC1C(=O)O. The van der Waals surface area contributed by atoms with Crippen molar-refractivity contribution in [3.05, 3.63) is 29.8 Å². The minimum atomic E-state index is -1.01. The molecule has 6 heteroatoms. The van der Waals surface area contributed by atoms with Crippen molar-refractivity contribution in [2.75, 3.05) is 13.3 Å².